The van der Waals surface area contributed by atoms with Crippen LogP contribution in [0.2, 0.25) is 0 Å². The van der Waals surface area contributed by atoms with Crippen LogP contribution in [0.1, 0.15) is 36.6 Å². The summed E-state index contributed by atoms with van der Waals surface area (Å²) in [6.07, 6.45) is -3.95. The first-order chi connectivity index (χ1) is 13.3. The van der Waals surface area contributed by atoms with E-state index in [1.807, 2.05) is 38.1 Å². The lowest BCUT2D eigenvalue weighted by molar-refractivity contribution is -0.137. The summed E-state index contributed by atoms with van der Waals surface area (Å²) in [6.45, 7) is 3.86. The predicted octanol–water partition coefficient (Wildman–Crippen LogP) is 4.55. The Balaban J connectivity index is 1.85. The molecule has 148 valence electrons. The molecular formula is C20H21F3N4O. The monoisotopic (exact) mass is 390 g/mol. The van der Waals surface area contributed by atoms with Crippen LogP contribution in [-0.2, 0) is 17.3 Å². The molecule has 0 saturated heterocycles. The molecule has 1 aromatic heterocycles. The molecule has 5 nitrogen and oxygen atoms in total. The average molecular weight is 390 g/mol. The topological polar surface area (TPSA) is 52.8 Å². The molecule has 0 bridgehead atoms. The van der Waals surface area contributed by atoms with Gasteiger partial charge in [-0.1, -0.05) is 36.4 Å². The largest absolute Gasteiger partial charge is 0.416 e. The third-order valence-electron chi connectivity index (χ3n) is 4.78. The molecule has 0 spiro atoms. The van der Waals surface area contributed by atoms with Gasteiger partial charge in [0.2, 0.25) is 5.82 Å². The van der Waals surface area contributed by atoms with E-state index in [4.69, 9.17) is 4.74 Å². The maximum absolute atomic E-state index is 12.7. The van der Waals surface area contributed by atoms with Crippen molar-refractivity contribution >= 4 is 0 Å². The van der Waals surface area contributed by atoms with Crippen LogP contribution >= 0.6 is 0 Å². The number of hydrogen-bond donors (Lipinski definition) is 0. The second-order valence-corrected chi connectivity index (χ2v) is 6.64. The van der Waals surface area contributed by atoms with E-state index in [2.05, 4.69) is 15.4 Å². The van der Waals surface area contributed by atoms with Gasteiger partial charge in [0.25, 0.3) is 0 Å². The van der Waals surface area contributed by atoms with Crippen molar-refractivity contribution in [1.82, 2.24) is 20.2 Å². The zero-order chi connectivity index (χ0) is 20.3. The van der Waals surface area contributed by atoms with Crippen LogP contribution in [0.25, 0.3) is 11.4 Å². The summed E-state index contributed by atoms with van der Waals surface area (Å²) in [4.78, 5) is 1.51. The SMILES string of the molecule is CO[C@@H](C)[C@H](C)n1nnc(-c2ccccc2Cc2ccc(C(F)(F)F)cc2)n1. The lowest BCUT2D eigenvalue weighted by atomic mass is 9.98. The van der Waals surface area contributed by atoms with E-state index in [1.165, 1.54) is 16.9 Å². The molecule has 28 heavy (non-hydrogen) atoms. The maximum atomic E-state index is 12.7. The van der Waals surface area contributed by atoms with Gasteiger partial charge in [-0.15, -0.1) is 10.2 Å². The molecule has 0 unspecified atom stereocenters. The molecule has 0 saturated carbocycles. The van der Waals surface area contributed by atoms with Gasteiger partial charge in [-0.2, -0.15) is 18.0 Å². The van der Waals surface area contributed by atoms with Crippen molar-refractivity contribution < 1.29 is 17.9 Å². The molecule has 2 aromatic carbocycles. The fourth-order valence-electron chi connectivity index (χ4n) is 2.81. The predicted molar refractivity (Wildman–Crippen MR) is 98.7 cm³/mol. The van der Waals surface area contributed by atoms with Crippen molar-refractivity contribution in [2.45, 2.75) is 38.6 Å². The first-order valence-corrected chi connectivity index (χ1v) is 8.86. The number of hydrogen-bond acceptors (Lipinski definition) is 4. The van der Waals surface area contributed by atoms with Crippen LogP contribution in [0.4, 0.5) is 13.2 Å². The maximum Gasteiger partial charge on any atom is 0.416 e. The molecule has 0 amide bonds. The molecule has 1 heterocycles. The molecule has 0 aliphatic carbocycles. The minimum atomic E-state index is -4.34. The van der Waals surface area contributed by atoms with Crippen molar-refractivity contribution in [3.05, 3.63) is 65.2 Å². The molecular weight excluding hydrogens is 369 g/mol. The van der Waals surface area contributed by atoms with Crippen molar-refractivity contribution in [3.63, 3.8) is 0 Å². The molecule has 0 aliphatic rings. The first kappa shape index (κ1) is 20.0. The smallest absolute Gasteiger partial charge is 0.379 e. The Labute approximate surface area is 161 Å². The lowest BCUT2D eigenvalue weighted by Gasteiger charge is -2.16. The summed E-state index contributed by atoms with van der Waals surface area (Å²) in [7, 11) is 1.62. The Morgan fingerprint density at radius 3 is 2.36 bits per heavy atom. The minimum Gasteiger partial charge on any atom is -0.379 e. The van der Waals surface area contributed by atoms with Gasteiger partial charge < -0.3 is 4.74 Å². The van der Waals surface area contributed by atoms with Crippen molar-refractivity contribution in [2.24, 2.45) is 0 Å². The zero-order valence-corrected chi connectivity index (χ0v) is 15.8. The Kier molecular flexibility index (Phi) is 5.79. The summed E-state index contributed by atoms with van der Waals surface area (Å²) in [5, 5.41) is 12.7. The van der Waals surface area contributed by atoms with E-state index < -0.39 is 11.7 Å². The Hall–Kier alpha value is -2.74. The normalized spacial score (nSPS) is 14.1. The number of alkyl halides is 3. The third-order valence-corrected chi connectivity index (χ3v) is 4.78. The molecule has 3 aromatic rings. The van der Waals surface area contributed by atoms with Crippen LogP contribution < -0.4 is 0 Å². The van der Waals surface area contributed by atoms with Gasteiger partial charge in [0.1, 0.15) is 0 Å². The summed E-state index contributed by atoms with van der Waals surface area (Å²) >= 11 is 0. The van der Waals surface area contributed by atoms with Crippen molar-refractivity contribution in [3.8, 4) is 11.4 Å². The van der Waals surface area contributed by atoms with E-state index in [0.717, 1.165) is 28.8 Å². The molecule has 0 fully saturated rings. The summed E-state index contributed by atoms with van der Waals surface area (Å²) in [5.41, 5.74) is 1.82. The number of benzene rings is 2. The van der Waals surface area contributed by atoms with E-state index in [9.17, 15) is 13.2 Å². The number of halogens is 3. The Morgan fingerprint density at radius 2 is 1.71 bits per heavy atom. The van der Waals surface area contributed by atoms with Gasteiger partial charge >= 0.3 is 6.18 Å². The summed E-state index contributed by atoms with van der Waals surface area (Å²) in [6, 6.07) is 12.6. The van der Waals surface area contributed by atoms with Gasteiger partial charge in [-0.05, 0) is 48.7 Å². The number of aromatic nitrogens is 4. The van der Waals surface area contributed by atoms with Gasteiger partial charge in [0.05, 0.1) is 17.7 Å². The second kappa shape index (κ2) is 8.10. The van der Waals surface area contributed by atoms with E-state index >= 15 is 0 Å². The summed E-state index contributed by atoms with van der Waals surface area (Å²) in [5.74, 6) is 0.470. The second-order valence-electron chi connectivity index (χ2n) is 6.64. The Morgan fingerprint density at radius 1 is 1.04 bits per heavy atom. The zero-order valence-electron chi connectivity index (χ0n) is 15.8. The number of rotatable bonds is 6. The van der Waals surface area contributed by atoms with Gasteiger partial charge in [-0.3, -0.25) is 0 Å². The molecule has 2 atom stereocenters. The molecule has 0 radical (unpaired) electrons. The van der Waals surface area contributed by atoms with Crippen molar-refractivity contribution in [2.75, 3.05) is 7.11 Å². The van der Waals surface area contributed by atoms with Crippen LogP contribution in [0.15, 0.2) is 48.5 Å². The highest BCUT2D eigenvalue weighted by Crippen LogP contribution is 2.30. The molecule has 3 rings (SSSR count). The standard InChI is InChI=1S/C20H21F3N4O/c1-13(14(2)28-3)27-25-19(24-26-27)18-7-5-4-6-16(18)12-15-8-10-17(11-9-15)20(21,22)23/h4-11,13-14H,12H2,1-3H3/t13-,14-/m0/s1. The molecule has 0 aliphatic heterocycles. The highest BCUT2D eigenvalue weighted by Gasteiger charge is 2.30. The lowest BCUT2D eigenvalue weighted by Crippen LogP contribution is -2.22. The average Bonchev–Trinajstić information content (AvgIpc) is 3.17. The third kappa shape index (κ3) is 4.39. The first-order valence-electron chi connectivity index (χ1n) is 8.86. The van der Waals surface area contributed by atoms with E-state index in [0.29, 0.717) is 12.2 Å². The highest BCUT2D eigenvalue weighted by molar-refractivity contribution is 5.60. The van der Waals surface area contributed by atoms with E-state index in [1.54, 1.807) is 7.11 Å². The van der Waals surface area contributed by atoms with E-state index in [-0.39, 0.29) is 12.1 Å². The van der Waals surface area contributed by atoms with Crippen LogP contribution in [0.5, 0.6) is 0 Å². The number of ether oxygens (including phenoxy) is 1. The Bertz CT molecular complexity index is 922. The van der Waals surface area contributed by atoms with Gasteiger partial charge in [0, 0.05) is 12.7 Å². The molecule has 0 N–H and O–H groups in total. The van der Waals surface area contributed by atoms with Crippen LogP contribution in [0, 0.1) is 0 Å². The van der Waals surface area contributed by atoms with Gasteiger partial charge in [0.15, 0.2) is 0 Å². The number of methoxy groups -OCH3 is 1. The van der Waals surface area contributed by atoms with Crippen LogP contribution in [-0.4, -0.2) is 33.4 Å². The van der Waals surface area contributed by atoms with Crippen LogP contribution in [0.3, 0.4) is 0 Å². The number of tetrazole rings is 1. The highest BCUT2D eigenvalue weighted by atomic mass is 19.4. The number of nitrogens with zero attached hydrogens (tertiary/aromatic N) is 4. The molecule has 8 heteroatoms. The fraction of sp³-hybridized carbons (Fsp3) is 0.350. The van der Waals surface area contributed by atoms with Crippen molar-refractivity contribution in [1.29, 1.82) is 0 Å². The minimum absolute atomic E-state index is 0.0792. The fourth-order valence-corrected chi connectivity index (χ4v) is 2.81. The summed E-state index contributed by atoms with van der Waals surface area (Å²) < 4.78 is 43.6. The quantitative estimate of drug-likeness (QED) is 0.620. The van der Waals surface area contributed by atoms with Gasteiger partial charge in [-0.25, -0.2) is 0 Å².